The van der Waals surface area contributed by atoms with Gasteiger partial charge in [-0.05, 0) is 46.9 Å². The number of rotatable bonds is 6. The van der Waals surface area contributed by atoms with E-state index in [1.807, 2.05) is 49.5 Å². The fourth-order valence-corrected chi connectivity index (χ4v) is 3.10. The number of benzene rings is 2. The van der Waals surface area contributed by atoms with Crippen molar-refractivity contribution in [3.05, 3.63) is 83.2 Å². The van der Waals surface area contributed by atoms with Crippen LogP contribution in [-0.2, 0) is 25.6 Å². The molecule has 29 heavy (non-hydrogen) atoms. The minimum absolute atomic E-state index is 0.0254. The Morgan fingerprint density at radius 3 is 2.45 bits per heavy atom. The highest BCUT2D eigenvalue weighted by Crippen LogP contribution is 2.24. The molecule has 0 saturated carbocycles. The molecule has 0 spiro atoms. The van der Waals surface area contributed by atoms with E-state index in [0.29, 0.717) is 18.7 Å². The second-order valence-electron chi connectivity index (χ2n) is 8.37. The Morgan fingerprint density at radius 1 is 1.10 bits per heavy atom. The number of hydrogen-bond donors (Lipinski definition) is 0. The van der Waals surface area contributed by atoms with E-state index < -0.39 is 0 Å². The highest BCUT2D eigenvalue weighted by Gasteiger charge is 2.15. The zero-order chi connectivity index (χ0) is 21.0. The van der Waals surface area contributed by atoms with E-state index in [4.69, 9.17) is 4.74 Å². The molecule has 0 saturated heterocycles. The molecule has 0 aliphatic heterocycles. The minimum atomic E-state index is -0.0254. The van der Waals surface area contributed by atoms with Crippen LogP contribution < -0.4 is 4.74 Å². The van der Waals surface area contributed by atoms with E-state index >= 15 is 0 Å². The van der Waals surface area contributed by atoms with Gasteiger partial charge in [0.1, 0.15) is 12.4 Å². The van der Waals surface area contributed by atoms with E-state index in [9.17, 15) is 4.79 Å². The van der Waals surface area contributed by atoms with Crippen molar-refractivity contribution in [1.82, 2.24) is 14.7 Å². The highest BCUT2D eigenvalue weighted by molar-refractivity contribution is 5.94. The highest BCUT2D eigenvalue weighted by atomic mass is 16.5. The molecular weight excluding hydrogens is 362 g/mol. The summed E-state index contributed by atoms with van der Waals surface area (Å²) in [6.45, 7) is 7.50. The Labute approximate surface area is 172 Å². The lowest BCUT2D eigenvalue weighted by atomic mass is 9.87. The quantitative estimate of drug-likeness (QED) is 0.618. The van der Waals surface area contributed by atoms with Crippen LogP contribution in [0.2, 0.25) is 0 Å². The Kier molecular flexibility index (Phi) is 6.06. The van der Waals surface area contributed by atoms with Gasteiger partial charge in [-0.15, -0.1) is 0 Å². The van der Waals surface area contributed by atoms with Gasteiger partial charge >= 0.3 is 0 Å². The van der Waals surface area contributed by atoms with Crippen molar-refractivity contribution in [1.29, 1.82) is 0 Å². The van der Waals surface area contributed by atoms with Gasteiger partial charge in [-0.1, -0.05) is 45.0 Å². The maximum Gasteiger partial charge on any atom is 0.253 e. The van der Waals surface area contributed by atoms with Crippen molar-refractivity contribution in [2.24, 2.45) is 7.05 Å². The average molecular weight is 392 g/mol. The van der Waals surface area contributed by atoms with Crippen LogP contribution in [0.5, 0.6) is 5.75 Å². The number of amides is 1. The number of ether oxygens (including phenoxy) is 1. The lowest BCUT2D eigenvalue weighted by Crippen LogP contribution is -2.27. The first-order valence-corrected chi connectivity index (χ1v) is 9.78. The van der Waals surface area contributed by atoms with E-state index in [0.717, 1.165) is 17.0 Å². The fourth-order valence-electron chi connectivity index (χ4n) is 3.10. The van der Waals surface area contributed by atoms with Crippen LogP contribution in [0.1, 0.15) is 48.0 Å². The molecule has 0 atom stereocenters. The summed E-state index contributed by atoms with van der Waals surface area (Å²) < 4.78 is 7.70. The van der Waals surface area contributed by atoms with Gasteiger partial charge in [0.05, 0.1) is 12.2 Å². The van der Waals surface area contributed by atoms with Gasteiger partial charge in [-0.25, -0.2) is 0 Å². The number of aromatic nitrogens is 2. The van der Waals surface area contributed by atoms with Gasteiger partial charge in [0, 0.05) is 25.9 Å². The van der Waals surface area contributed by atoms with Gasteiger partial charge in [-0.2, -0.15) is 5.10 Å². The van der Waals surface area contributed by atoms with Crippen LogP contribution in [0.3, 0.4) is 0 Å². The maximum atomic E-state index is 12.8. The standard InChI is InChI=1S/C24H29N3O2/c1-24(2,3)20-9-11-22(12-10-20)29-17-18-7-6-8-19(15-18)23(28)26(4)16-21-13-14-25-27(21)5/h6-15H,16-17H2,1-5H3. The lowest BCUT2D eigenvalue weighted by Gasteiger charge is -2.19. The van der Waals surface area contributed by atoms with E-state index in [1.54, 1.807) is 22.8 Å². The first-order chi connectivity index (χ1) is 13.7. The summed E-state index contributed by atoms with van der Waals surface area (Å²) in [5, 5.41) is 4.15. The van der Waals surface area contributed by atoms with Crippen molar-refractivity contribution >= 4 is 5.91 Å². The molecule has 0 fully saturated rings. The van der Waals surface area contributed by atoms with Crippen molar-refractivity contribution in [3.63, 3.8) is 0 Å². The number of hydrogen-bond acceptors (Lipinski definition) is 3. The summed E-state index contributed by atoms with van der Waals surface area (Å²) in [6, 6.07) is 17.7. The normalized spacial score (nSPS) is 11.3. The van der Waals surface area contributed by atoms with Crippen LogP contribution in [0.15, 0.2) is 60.8 Å². The monoisotopic (exact) mass is 391 g/mol. The van der Waals surface area contributed by atoms with E-state index in [2.05, 4.69) is 38.0 Å². The Bertz CT molecular complexity index is 968. The fraction of sp³-hybridized carbons (Fsp3) is 0.333. The zero-order valence-corrected chi connectivity index (χ0v) is 17.8. The van der Waals surface area contributed by atoms with Gasteiger partial charge in [-0.3, -0.25) is 9.48 Å². The smallest absolute Gasteiger partial charge is 0.253 e. The zero-order valence-electron chi connectivity index (χ0n) is 17.8. The molecule has 1 aromatic heterocycles. The van der Waals surface area contributed by atoms with Crippen LogP contribution in [0.4, 0.5) is 0 Å². The number of carbonyl (C=O) groups excluding carboxylic acids is 1. The third kappa shape index (κ3) is 5.25. The SMILES string of the molecule is CN(Cc1ccnn1C)C(=O)c1cccc(COc2ccc(C(C)(C)C)cc2)c1. The Morgan fingerprint density at radius 2 is 1.83 bits per heavy atom. The predicted octanol–water partition coefficient (Wildman–Crippen LogP) is 4.57. The largest absolute Gasteiger partial charge is 0.489 e. The lowest BCUT2D eigenvalue weighted by molar-refractivity contribution is 0.0782. The Hall–Kier alpha value is -3.08. The van der Waals surface area contributed by atoms with Gasteiger partial charge in [0.25, 0.3) is 5.91 Å². The summed E-state index contributed by atoms with van der Waals surface area (Å²) in [5.74, 6) is 0.797. The van der Waals surface area contributed by atoms with Crippen molar-refractivity contribution in [2.45, 2.75) is 39.3 Å². The first-order valence-electron chi connectivity index (χ1n) is 9.78. The topological polar surface area (TPSA) is 47.4 Å². The second kappa shape index (κ2) is 8.52. The summed E-state index contributed by atoms with van der Waals surface area (Å²) in [6.07, 6.45) is 1.74. The first kappa shape index (κ1) is 20.6. The van der Waals surface area contributed by atoms with Crippen LogP contribution in [0.25, 0.3) is 0 Å². The molecule has 2 aromatic carbocycles. The molecular formula is C24H29N3O2. The summed E-state index contributed by atoms with van der Waals surface area (Å²) in [7, 11) is 3.68. The molecule has 3 aromatic rings. The Balaban J connectivity index is 1.63. The van der Waals surface area contributed by atoms with Crippen molar-refractivity contribution in [3.8, 4) is 5.75 Å². The number of aryl methyl sites for hydroxylation is 1. The van der Waals surface area contributed by atoms with E-state index in [1.165, 1.54) is 5.56 Å². The van der Waals surface area contributed by atoms with Crippen molar-refractivity contribution in [2.75, 3.05) is 7.05 Å². The molecule has 0 radical (unpaired) electrons. The third-order valence-corrected chi connectivity index (χ3v) is 4.97. The molecule has 1 heterocycles. The molecule has 0 unspecified atom stereocenters. The number of nitrogens with zero attached hydrogens (tertiary/aromatic N) is 3. The predicted molar refractivity (Wildman–Crippen MR) is 115 cm³/mol. The van der Waals surface area contributed by atoms with Crippen LogP contribution in [0, 0.1) is 0 Å². The van der Waals surface area contributed by atoms with Gasteiger partial charge < -0.3 is 9.64 Å². The maximum absolute atomic E-state index is 12.8. The van der Waals surface area contributed by atoms with E-state index in [-0.39, 0.29) is 11.3 Å². The van der Waals surface area contributed by atoms with Crippen molar-refractivity contribution < 1.29 is 9.53 Å². The molecule has 0 N–H and O–H groups in total. The molecule has 1 amide bonds. The molecule has 152 valence electrons. The van der Waals surface area contributed by atoms with Crippen LogP contribution >= 0.6 is 0 Å². The molecule has 5 nitrogen and oxygen atoms in total. The average Bonchev–Trinajstić information content (AvgIpc) is 3.10. The van der Waals surface area contributed by atoms with Crippen LogP contribution in [-0.4, -0.2) is 27.6 Å². The molecule has 0 aliphatic rings. The molecule has 3 rings (SSSR count). The van der Waals surface area contributed by atoms with Gasteiger partial charge in [0.15, 0.2) is 0 Å². The molecule has 5 heteroatoms. The molecule has 0 aliphatic carbocycles. The number of carbonyl (C=O) groups is 1. The second-order valence-corrected chi connectivity index (χ2v) is 8.37. The van der Waals surface area contributed by atoms with Gasteiger partial charge in [0.2, 0.25) is 0 Å². The third-order valence-electron chi connectivity index (χ3n) is 4.97. The summed E-state index contributed by atoms with van der Waals surface area (Å²) in [5.41, 5.74) is 3.99. The summed E-state index contributed by atoms with van der Waals surface area (Å²) in [4.78, 5) is 14.5. The summed E-state index contributed by atoms with van der Waals surface area (Å²) >= 11 is 0. The minimum Gasteiger partial charge on any atom is -0.489 e. The molecule has 0 bridgehead atoms.